The van der Waals surface area contributed by atoms with Crippen molar-refractivity contribution in [1.82, 2.24) is 4.98 Å². The molecule has 1 N–H and O–H groups in total. The molecule has 0 bridgehead atoms. The predicted octanol–water partition coefficient (Wildman–Crippen LogP) is 2.56. The maximum absolute atomic E-state index is 5.56. The number of benzene rings is 1. The van der Waals surface area contributed by atoms with Crippen LogP contribution in [0.1, 0.15) is 11.3 Å². The van der Waals surface area contributed by atoms with Crippen LogP contribution in [0.3, 0.4) is 0 Å². The summed E-state index contributed by atoms with van der Waals surface area (Å²) in [7, 11) is 0. The maximum Gasteiger partial charge on any atom is 0.163 e. The molecule has 0 saturated carbocycles. The monoisotopic (exact) mass is 203 g/mol. The van der Waals surface area contributed by atoms with Crippen molar-refractivity contribution >= 4 is 10.9 Å². The number of aromatic nitrogens is 1. The zero-order chi connectivity index (χ0) is 10.4. The molecule has 1 aliphatic heterocycles. The van der Waals surface area contributed by atoms with Gasteiger partial charge in [0.15, 0.2) is 11.5 Å². The molecule has 3 heteroatoms. The van der Waals surface area contributed by atoms with Crippen LogP contribution in [0, 0.1) is 13.8 Å². The highest BCUT2D eigenvalue weighted by Crippen LogP contribution is 2.36. The summed E-state index contributed by atoms with van der Waals surface area (Å²) in [4.78, 5) is 3.34. The lowest BCUT2D eigenvalue weighted by molar-refractivity contribution is 0.172. The minimum absolute atomic E-state index is 0.636. The predicted molar refractivity (Wildman–Crippen MR) is 58.8 cm³/mol. The number of fused-ring (bicyclic) bond motifs is 2. The van der Waals surface area contributed by atoms with Gasteiger partial charge in [0.05, 0.1) is 0 Å². The topological polar surface area (TPSA) is 34.2 Å². The Morgan fingerprint density at radius 1 is 1.07 bits per heavy atom. The number of aryl methyl sites for hydroxylation is 2. The molecule has 0 amide bonds. The summed E-state index contributed by atoms with van der Waals surface area (Å²) < 4.78 is 11.1. The lowest BCUT2D eigenvalue weighted by Crippen LogP contribution is -2.15. The lowest BCUT2D eigenvalue weighted by Gasteiger charge is -2.18. The van der Waals surface area contributed by atoms with Crippen molar-refractivity contribution in [3.8, 4) is 11.5 Å². The largest absolute Gasteiger partial charge is 0.486 e. The van der Waals surface area contributed by atoms with Gasteiger partial charge in [0.25, 0.3) is 0 Å². The average molecular weight is 203 g/mol. The molecular formula is C12H13NO2. The quantitative estimate of drug-likeness (QED) is 0.714. The summed E-state index contributed by atoms with van der Waals surface area (Å²) in [6, 6.07) is 4.08. The van der Waals surface area contributed by atoms with Gasteiger partial charge in [0.2, 0.25) is 0 Å². The first-order valence-corrected chi connectivity index (χ1v) is 5.14. The Labute approximate surface area is 88.0 Å². The van der Waals surface area contributed by atoms with Crippen LogP contribution in [-0.4, -0.2) is 18.2 Å². The number of hydrogen-bond acceptors (Lipinski definition) is 2. The van der Waals surface area contributed by atoms with E-state index in [9.17, 15) is 0 Å². The van der Waals surface area contributed by atoms with Gasteiger partial charge in [-0.05, 0) is 25.5 Å². The third kappa shape index (κ3) is 1.19. The Hall–Kier alpha value is -1.64. The van der Waals surface area contributed by atoms with Crippen LogP contribution >= 0.6 is 0 Å². The van der Waals surface area contributed by atoms with Crippen LogP contribution < -0.4 is 9.47 Å². The first-order chi connectivity index (χ1) is 7.25. The molecule has 0 atom stereocenters. The molecule has 78 valence electrons. The van der Waals surface area contributed by atoms with Crippen LogP contribution in [0.15, 0.2) is 12.1 Å². The Balaban J connectivity index is 2.30. The van der Waals surface area contributed by atoms with Gasteiger partial charge in [0.1, 0.15) is 13.2 Å². The van der Waals surface area contributed by atoms with E-state index >= 15 is 0 Å². The first kappa shape index (κ1) is 8.65. The number of ether oxygens (including phenoxy) is 2. The van der Waals surface area contributed by atoms with E-state index in [4.69, 9.17) is 9.47 Å². The van der Waals surface area contributed by atoms with Crippen LogP contribution in [0.2, 0.25) is 0 Å². The van der Waals surface area contributed by atoms with Crippen molar-refractivity contribution in [1.29, 1.82) is 0 Å². The van der Waals surface area contributed by atoms with E-state index in [2.05, 4.69) is 24.9 Å². The van der Waals surface area contributed by atoms with E-state index in [1.54, 1.807) is 0 Å². The molecule has 2 aromatic rings. The third-order valence-corrected chi connectivity index (χ3v) is 2.97. The molecule has 0 fully saturated rings. The Morgan fingerprint density at radius 2 is 1.73 bits per heavy atom. The fourth-order valence-electron chi connectivity index (χ4n) is 2.00. The molecule has 1 aromatic carbocycles. The van der Waals surface area contributed by atoms with E-state index < -0.39 is 0 Å². The van der Waals surface area contributed by atoms with Crippen LogP contribution in [0.25, 0.3) is 10.9 Å². The van der Waals surface area contributed by atoms with Gasteiger partial charge in [-0.15, -0.1) is 0 Å². The molecule has 1 aromatic heterocycles. The summed E-state index contributed by atoms with van der Waals surface area (Å²) >= 11 is 0. The van der Waals surface area contributed by atoms with Gasteiger partial charge in [-0.1, -0.05) is 0 Å². The highest BCUT2D eigenvalue weighted by Gasteiger charge is 2.14. The number of nitrogens with one attached hydrogen (secondary N) is 1. The average Bonchev–Trinajstić information content (AvgIpc) is 2.52. The van der Waals surface area contributed by atoms with Gasteiger partial charge in [0, 0.05) is 22.7 Å². The maximum atomic E-state index is 5.56. The van der Waals surface area contributed by atoms with Crippen LogP contribution in [0.4, 0.5) is 0 Å². The fourth-order valence-corrected chi connectivity index (χ4v) is 2.00. The standard InChI is InChI=1S/C12H13NO2/c1-7-8(2)13-10-6-12-11(5-9(7)10)14-3-4-15-12/h5-6,13H,3-4H2,1-2H3. The Bertz CT molecular complexity index is 528. The summed E-state index contributed by atoms with van der Waals surface area (Å²) in [5.74, 6) is 1.70. The zero-order valence-electron chi connectivity index (χ0n) is 8.89. The second kappa shape index (κ2) is 2.92. The molecule has 3 nitrogen and oxygen atoms in total. The summed E-state index contributed by atoms with van der Waals surface area (Å²) in [5.41, 5.74) is 3.60. The van der Waals surface area contributed by atoms with Gasteiger partial charge in [-0.2, -0.15) is 0 Å². The minimum atomic E-state index is 0.636. The second-order valence-electron chi connectivity index (χ2n) is 3.92. The molecular weight excluding hydrogens is 190 g/mol. The lowest BCUT2D eigenvalue weighted by atomic mass is 10.1. The zero-order valence-corrected chi connectivity index (χ0v) is 8.89. The molecule has 0 aliphatic carbocycles. The summed E-state index contributed by atoms with van der Waals surface area (Å²) in [6.07, 6.45) is 0. The molecule has 15 heavy (non-hydrogen) atoms. The molecule has 0 radical (unpaired) electrons. The van der Waals surface area contributed by atoms with E-state index in [0.717, 1.165) is 17.0 Å². The molecule has 1 aliphatic rings. The Kier molecular flexibility index (Phi) is 1.69. The van der Waals surface area contributed by atoms with Crippen molar-refractivity contribution in [2.24, 2.45) is 0 Å². The van der Waals surface area contributed by atoms with Crippen LogP contribution in [0.5, 0.6) is 11.5 Å². The van der Waals surface area contributed by atoms with E-state index in [-0.39, 0.29) is 0 Å². The smallest absolute Gasteiger partial charge is 0.163 e. The third-order valence-electron chi connectivity index (χ3n) is 2.97. The number of aromatic amines is 1. The van der Waals surface area contributed by atoms with Gasteiger partial charge in [-0.25, -0.2) is 0 Å². The molecule has 2 heterocycles. The molecule has 3 rings (SSSR count). The number of rotatable bonds is 0. The number of H-pyrrole nitrogens is 1. The summed E-state index contributed by atoms with van der Waals surface area (Å²) in [6.45, 7) is 5.47. The highest BCUT2D eigenvalue weighted by atomic mass is 16.6. The second-order valence-corrected chi connectivity index (χ2v) is 3.92. The molecule has 0 spiro atoms. The van der Waals surface area contributed by atoms with Crippen molar-refractivity contribution in [3.05, 3.63) is 23.4 Å². The van der Waals surface area contributed by atoms with Gasteiger partial charge in [-0.3, -0.25) is 0 Å². The van der Waals surface area contributed by atoms with E-state index in [1.165, 1.54) is 16.6 Å². The van der Waals surface area contributed by atoms with E-state index in [0.29, 0.717) is 13.2 Å². The van der Waals surface area contributed by atoms with Crippen molar-refractivity contribution in [2.75, 3.05) is 13.2 Å². The highest BCUT2D eigenvalue weighted by molar-refractivity contribution is 5.87. The van der Waals surface area contributed by atoms with Crippen LogP contribution in [-0.2, 0) is 0 Å². The van der Waals surface area contributed by atoms with Gasteiger partial charge < -0.3 is 14.5 Å². The molecule has 0 saturated heterocycles. The minimum Gasteiger partial charge on any atom is -0.486 e. The Morgan fingerprint density at radius 3 is 2.47 bits per heavy atom. The first-order valence-electron chi connectivity index (χ1n) is 5.14. The fraction of sp³-hybridized carbons (Fsp3) is 0.333. The van der Waals surface area contributed by atoms with Crippen molar-refractivity contribution < 1.29 is 9.47 Å². The van der Waals surface area contributed by atoms with Crippen molar-refractivity contribution in [2.45, 2.75) is 13.8 Å². The van der Waals surface area contributed by atoms with E-state index in [1.807, 2.05) is 6.07 Å². The summed E-state index contributed by atoms with van der Waals surface area (Å²) in [5, 5.41) is 1.22. The van der Waals surface area contributed by atoms with Gasteiger partial charge >= 0.3 is 0 Å². The number of hydrogen-bond donors (Lipinski definition) is 1. The normalized spacial score (nSPS) is 14.5. The SMILES string of the molecule is Cc1[nH]c2cc3c(cc2c1C)OCCO3. The molecule has 0 unspecified atom stereocenters. The van der Waals surface area contributed by atoms with Crippen molar-refractivity contribution in [3.63, 3.8) is 0 Å².